The van der Waals surface area contributed by atoms with Crippen molar-refractivity contribution < 1.29 is 0 Å². The summed E-state index contributed by atoms with van der Waals surface area (Å²) in [5, 5.41) is 19.2. The van der Waals surface area contributed by atoms with E-state index in [4.69, 9.17) is 11.6 Å². The lowest BCUT2D eigenvalue weighted by Crippen LogP contribution is -1.81. The molecule has 2 aromatic carbocycles. The van der Waals surface area contributed by atoms with Crippen molar-refractivity contribution in [1.29, 1.82) is 0 Å². The van der Waals surface area contributed by atoms with Crippen LogP contribution in [0.5, 0.6) is 0 Å². The molecule has 0 amide bonds. The van der Waals surface area contributed by atoms with Crippen molar-refractivity contribution >= 4 is 79.6 Å². The zero-order chi connectivity index (χ0) is 23.3. The first kappa shape index (κ1) is 23.1. The Morgan fingerprint density at radius 1 is 0.647 bits per heavy atom. The van der Waals surface area contributed by atoms with Gasteiger partial charge in [-0.3, -0.25) is 9.97 Å². The zero-order valence-electron chi connectivity index (χ0n) is 17.6. The molecule has 6 aromatic rings. The van der Waals surface area contributed by atoms with Gasteiger partial charge in [0.05, 0.1) is 11.0 Å². The van der Waals surface area contributed by atoms with Crippen molar-refractivity contribution in [2.45, 2.75) is 25.4 Å². The van der Waals surface area contributed by atoms with Gasteiger partial charge in [0.25, 0.3) is 0 Å². The van der Waals surface area contributed by atoms with Gasteiger partial charge in [-0.25, -0.2) is 0 Å². The van der Waals surface area contributed by atoms with E-state index in [1.165, 1.54) is 16.2 Å². The Labute approximate surface area is 216 Å². The maximum absolute atomic E-state index is 5.76. The second kappa shape index (κ2) is 10.7. The first-order chi connectivity index (χ1) is 16.7. The van der Waals surface area contributed by atoms with Crippen molar-refractivity contribution in [1.82, 2.24) is 30.4 Å². The molecular formula is C23H15ClN6S4. The number of para-hydroxylation sites is 2. The summed E-state index contributed by atoms with van der Waals surface area (Å²) in [6.45, 7) is 1.96. The van der Waals surface area contributed by atoms with Crippen LogP contribution >= 0.6 is 57.8 Å². The molecule has 0 saturated carbocycles. The molecule has 11 heteroatoms. The molecule has 0 spiro atoms. The van der Waals surface area contributed by atoms with Gasteiger partial charge in [0.2, 0.25) is 4.47 Å². The van der Waals surface area contributed by atoms with E-state index >= 15 is 0 Å². The Balaban J connectivity index is 0.000000142. The van der Waals surface area contributed by atoms with Crippen LogP contribution in [-0.2, 0) is 0 Å². The molecule has 0 bridgehead atoms. The summed E-state index contributed by atoms with van der Waals surface area (Å²) in [5.41, 5.74) is 1.99. The summed E-state index contributed by atoms with van der Waals surface area (Å²) in [6, 6.07) is 20.1. The Kier molecular flexibility index (Phi) is 7.31. The summed E-state index contributed by atoms with van der Waals surface area (Å²) in [6.07, 6.45) is 3.63. The minimum absolute atomic E-state index is 0.464. The van der Waals surface area contributed by atoms with E-state index in [0.29, 0.717) is 4.47 Å². The van der Waals surface area contributed by atoms with E-state index in [0.717, 1.165) is 40.4 Å². The van der Waals surface area contributed by atoms with E-state index in [1.807, 2.05) is 67.7 Å². The Hall–Kier alpha value is -2.63. The predicted molar refractivity (Wildman–Crippen MR) is 141 cm³/mol. The van der Waals surface area contributed by atoms with Crippen LogP contribution in [-0.4, -0.2) is 30.4 Å². The van der Waals surface area contributed by atoms with Gasteiger partial charge >= 0.3 is 0 Å². The second-order valence-corrected chi connectivity index (χ2v) is 12.1. The molecular weight excluding hydrogens is 524 g/mol. The van der Waals surface area contributed by atoms with Gasteiger partial charge in [-0.2, -0.15) is 0 Å². The van der Waals surface area contributed by atoms with E-state index in [-0.39, 0.29) is 0 Å². The minimum atomic E-state index is 0.464. The standard InChI is InChI=1S/C12H9N3S2.C11H6ClN3S2/c1-8-14-15-12(16-8)17-11-6-7-13-10-5-3-2-4-9(10)11;12-10-14-15-11(17-10)16-9-5-6-13-8-4-2-1-3-7(8)9/h2-7H,1H3;1-6H. The lowest BCUT2D eigenvalue weighted by atomic mass is 10.2. The number of fused-ring (bicyclic) bond motifs is 2. The first-order valence-electron chi connectivity index (χ1n) is 9.98. The number of hydrogen-bond donors (Lipinski definition) is 0. The van der Waals surface area contributed by atoms with Crippen LogP contribution in [0.15, 0.2) is 91.5 Å². The normalized spacial score (nSPS) is 10.9. The molecule has 34 heavy (non-hydrogen) atoms. The molecule has 0 unspecified atom stereocenters. The summed E-state index contributed by atoms with van der Waals surface area (Å²) in [7, 11) is 0. The van der Waals surface area contributed by atoms with Gasteiger partial charge in [-0.15, -0.1) is 20.4 Å². The summed E-state index contributed by atoms with van der Waals surface area (Å²) in [5.74, 6) is 0. The predicted octanol–water partition coefficient (Wildman–Crippen LogP) is 7.44. The Morgan fingerprint density at radius 2 is 1.18 bits per heavy atom. The number of halogens is 1. The maximum atomic E-state index is 5.76. The molecule has 0 aliphatic rings. The number of rotatable bonds is 4. The highest BCUT2D eigenvalue weighted by atomic mass is 35.5. The van der Waals surface area contributed by atoms with E-state index in [1.54, 1.807) is 41.1 Å². The molecule has 4 heterocycles. The van der Waals surface area contributed by atoms with Crippen molar-refractivity contribution in [3.05, 3.63) is 82.5 Å². The topological polar surface area (TPSA) is 77.3 Å². The lowest BCUT2D eigenvalue weighted by Gasteiger charge is -2.02. The first-order valence-corrected chi connectivity index (χ1v) is 13.6. The number of nitrogens with zero attached hydrogens (tertiary/aromatic N) is 6. The number of pyridine rings is 2. The van der Waals surface area contributed by atoms with Crippen LogP contribution in [0.25, 0.3) is 21.8 Å². The molecule has 0 saturated heterocycles. The molecule has 168 valence electrons. The van der Waals surface area contributed by atoms with E-state index in [2.05, 4.69) is 36.4 Å². The monoisotopic (exact) mass is 538 g/mol. The molecule has 0 N–H and O–H groups in total. The third kappa shape index (κ3) is 5.53. The van der Waals surface area contributed by atoms with Gasteiger partial charge in [-0.05, 0) is 42.8 Å². The molecule has 0 aliphatic carbocycles. The zero-order valence-corrected chi connectivity index (χ0v) is 21.6. The van der Waals surface area contributed by atoms with Crippen molar-refractivity contribution in [2.75, 3.05) is 0 Å². The largest absolute Gasteiger partial charge is 0.256 e. The highest BCUT2D eigenvalue weighted by Crippen LogP contribution is 2.35. The van der Waals surface area contributed by atoms with Crippen LogP contribution in [0.4, 0.5) is 0 Å². The molecule has 0 radical (unpaired) electrons. The Bertz CT molecular complexity index is 1440. The van der Waals surface area contributed by atoms with E-state index < -0.39 is 0 Å². The average molecular weight is 539 g/mol. The number of hydrogen-bond acceptors (Lipinski definition) is 10. The van der Waals surface area contributed by atoms with Gasteiger partial charge in [-0.1, -0.05) is 82.6 Å². The van der Waals surface area contributed by atoms with Crippen molar-refractivity contribution in [3.8, 4) is 0 Å². The van der Waals surface area contributed by atoms with Crippen LogP contribution in [0.1, 0.15) is 5.01 Å². The smallest absolute Gasteiger partial charge is 0.208 e. The molecule has 0 aliphatic heterocycles. The summed E-state index contributed by atoms with van der Waals surface area (Å²) >= 11 is 12.0. The van der Waals surface area contributed by atoms with Crippen LogP contribution < -0.4 is 0 Å². The molecule has 0 fully saturated rings. The number of benzene rings is 2. The van der Waals surface area contributed by atoms with Gasteiger partial charge in [0, 0.05) is 33.0 Å². The van der Waals surface area contributed by atoms with Crippen molar-refractivity contribution in [2.24, 2.45) is 0 Å². The lowest BCUT2D eigenvalue weighted by molar-refractivity contribution is 0.984. The van der Waals surface area contributed by atoms with Gasteiger partial charge in [0.1, 0.15) is 5.01 Å². The minimum Gasteiger partial charge on any atom is -0.256 e. The molecule has 4 aromatic heterocycles. The third-order valence-electron chi connectivity index (χ3n) is 4.50. The number of aryl methyl sites for hydroxylation is 1. The highest BCUT2D eigenvalue weighted by molar-refractivity contribution is 8.01. The van der Waals surface area contributed by atoms with Gasteiger partial charge in [0.15, 0.2) is 8.68 Å². The summed E-state index contributed by atoms with van der Waals surface area (Å²) in [4.78, 5) is 10.9. The average Bonchev–Trinajstić information content (AvgIpc) is 3.47. The van der Waals surface area contributed by atoms with Crippen LogP contribution in [0, 0.1) is 6.92 Å². The van der Waals surface area contributed by atoms with Gasteiger partial charge < -0.3 is 0 Å². The fourth-order valence-electron chi connectivity index (χ4n) is 3.06. The quantitative estimate of drug-likeness (QED) is 0.229. The molecule has 0 atom stereocenters. The maximum Gasteiger partial charge on any atom is 0.208 e. The molecule has 6 rings (SSSR count). The molecule has 6 nitrogen and oxygen atoms in total. The summed E-state index contributed by atoms with van der Waals surface area (Å²) < 4.78 is 2.27. The van der Waals surface area contributed by atoms with Crippen molar-refractivity contribution in [3.63, 3.8) is 0 Å². The number of aromatic nitrogens is 6. The SMILES string of the molecule is Cc1nnc(Sc2ccnc3ccccc23)s1.Clc1nnc(Sc2ccnc3ccccc23)s1. The Morgan fingerprint density at radius 3 is 1.68 bits per heavy atom. The highest BCUT2D eigenvalue weighted by Gasteiger charge is 2.08. The van der Waals surface area contributed by atoms with E-state index in [9.17, 15) is 0 Å². The fourth-order valence-corrected chi connectivity index (χ4v) is 7.01. The third-order valence-corrected chi connectivity index (χ3v) is 8.61. The van der Waals surface area contributed by atoms with Crippen LogP contribution in [0.3, 0.4) is 0 Å². The second-order valence-electron chi connectivity index (χ2n) is 6.76. The van der Waals surface area contributed by atoms with Crippen LogP contribution in [0.2, 0.25) is 4.47 Å². The fraction of sp³-hybridized carbons (Fsp3) is 0.0435.